The highest BCUT2D eigenvalue weighted by Gasteiger charge is 2.30. The Labute approximate surface area is 160 Å². The summed E-state index contributed by atoms with van der Waals surface area (Å²) in [6.07, 6.45) is -0.783. The minimum atomic E-state index is -0.846. The van der Waals surface area contributed by atoms with Gasteiger partial charge in [-0.1, -0.05) is 44.2 Å². The van der Waals surface area contributed by atoms with Crippen LogP contribution < -0.4 is 10.7 Å². The first-order chi connectivity index (χ1) is 12.5. The molecule has 0 saturated heterocycles. The number of hydrogen-bond acceptors (Lipinski definition) is 5. The van der Waals surface area contributed by atoms with E-state index in [9.17, 15) is 14.4 Å². The molecule has 1 atom stereocenters. The molecule has 8 nitrogen and oxygen atoms in total. The highest BCUT2D eigenvalue weighted by Crippen LogP contribution is 2.12. The van der Waals surface area contributed by atoms with Crippen LogP contribution in [0.4, 0.5) is 9.59 Å². The smallest absolute Gasteiger partial charge is 0.426 e. The number of ether oxygens (including phenoxy) is 2. The summed E-state index contributed by atoms with van der Waals surface area (Å²) in [5.74, 6) is -0.729. The van der Waals surface area contributed by atoms with Crippen LogP contribution in [0, 0.1) is 5.92 Å². The minimum Gasteiger partial charge on any atom is -0.458 e. The summed E-state index contributed by atoms with van der Waals surface area (Å²) in [5, 5.41) is 3.48. The van der Waals surface area contributed by atoms with Gasteiger partial charge in [-0.15, -0.1) is 0 Å². The molecule has 1 aromatic rings. The lowest BCUT2D eigenvalue weighted by atomic mass is 10.0. The number of hydrogen-bond donors (Lipinski definition) is 2. The standard InChI is InChI=1S/C19H29N3O5/c1-13(2)15(16(23)27-19(3,4)5)20-17(24)22(6)21-18(25)26-12-14-10-8-7-9-11-14/h7-11,13,15H,12H2,1-6H3,(H,20,24)(H,21,25)/t15-/m0/s1. The van der Waals surface area contributed by atoms with E-state index in [1.54, 1.807) is 34.6 Å². The molecule has 0 bridgehead atoms. The summed E-state index contributed by atoms with van der Waals surface area (Å²) in [6.45, 7) is 8.91. The zero-order valence-electron chi connectivity index (χ0n) is 16.7. The SMILES string of the molecule is CC(C)[C@H](NC(=O)N(C)NC(=O)OCc1ccccc1)C(=O)OC(C)(C)C. The first kappa shape index (κ1) is 22.3. The van der Waals surface area contributed by atoms with Crippen molar-refractivity contribution in [2.24, 2.45) is 5.92 Å². The minimum absolute atomic E-state index is 0.0780. The van der Waals surface area contributed by atoms with Crippen LogP contribution in [0.2, 0.25) is 0 Å². The summed E-state index contributed by atoms with van der Waals surface area (Å²) in [7, 11) is 1.35. The Morgan fingerprint density at radius 2 is 1.70 bits per heavy atom. The van der Waals surface area contributed by atoms with Crippen molar-refractivity contribution in [3.8, 4) is 0 Å². The van der Waals surface area contributed by atoms with Crippen LogP contribution in [0.1, 0.15) is 40.2 Å². The molecule has 1 rings (SSSR count). The highest BCUT2D eigenvalue weighted by molar-refractivity contribution is 5.84. The van der Waals surface area contributed by atoms with Gasteiger partial charge in [0.05, 0.1) is 0 Å². The molecule has 0 fully saturated rings. The Hall–Kier alpha value is -2.77. The Balaban J connectivity index is 2.55. The average molecular weight is 379 g/mol. The Kier molecular flexibility index (Phi) is 8.08. The van der Waals surface area contributed by atoms with Crippen LogP contribution in [0.5, 0.6) is 0 Å². The highest BCUT2D eigenvalue weighted by atomic mass is 16.6. The summed E-state index contributed by atoms with van der Waals surface area (Å²) >= 11 is 0. The van der Waals surface area contributed by atoms with Crippen molar-refractivity contribution in [1.82, 2.24) is 15.8 Å². The maximum atomic E-state index is 12.3. The van der Waals surface area contributed by atoms with Gasteiger partial charge in [0.15, 0.2) is 0 Å². The third kappa shape index (κ3) is 8.44. The molecule has 0 aliphatic rings. The van der Waals surface area contributed by atoms with Gasteiger partial charge in [-0.2, -0.15) is 0 Å². The van der Waals surface area contributed by atoms with Crippen LogP contribution in [0.15, 0.2) is 30.3 Å². The summed E-state index contributed by atoms with van der Waals surface area (Å²) in [4.78, 5) is 36.4. The molecule has 0 spiro atoms. The zero-order chi connectivity index (χ0) is 20.6. The van der Waals surface area contributed by atoms with Crippen molar-refractivity contribution >= 4 is 18.1 Å². The number of carbonyl (C=O) groups excluding carboxylic acids is 3. The number of esters is 1. The van der Waals surface area contributed by atoms with Gasteiger partial charge in [-0.3, -0.25) is 0 Å². The largest absolute Gasteiger partial charge is 0.458 e. The molecule has 0 aromatic heterocycles. The molecule has 0 heterocycles. The average Bonchev–Trinajstić information content (AvgIpc) is 2.56. The normalized spacial score (nSPS) is 12.1. The number of benzene rings is 1. The molecule has 0 unspecified atom stereocenters. The fourth-order valence-electron chi connectivity index (χ4n) is 2.04. The Bertz CT molecular complexity index is 640. The summed E-state index contributed by atoms with van der Waals surface area (Å²) < 4.78 is 10.4. The van der Waals surface area contributed by atoms with Crippen molar-refractivity contribution in [1.29, 1.82) is 0 Å². The molecule has 8 heteroatoms. The van der Waals surface area contributed by atoms with Crippen LogP contribution in [-0.4, -0.2) is 41.8 Å². The van der Waals surface area contributed by atoms with E-state index in [4.69, 9.17) is 9.47 Å². The zero-order valence-corrected chi connectivity index (χ0v) is 16.7. The van der Waals surface area contributed by atoms with Crippen molar-refractivity contribution in [2.45, 2.75) is 52.9 Å². The third-order valence-electron chi connectivity index (χ3n) is 3.38. The van der Waals surface area contributed by atoms with Gasteiger partial charge in [0, 0.05) is 7.05 Å². The van der Waals surface area contributed by atoms with Gasteiger partial charge in [-0.05, 0) is 32.3 Å². The number of carbonyl (C=O) groups is 3. The second-order valence-corrected chi connectivity index (χ2v) is 7.44. The lowest BCUT2D eigenvalue weighted by Gasteiger charge is -2.28. The molecule has 27 heavy (non-hydrogen) atoms. The number of amides is 3. The van der Waals surface area contributed by atoms with E-state index in [1.165, 1.54) is 7.05 Å². The maximum absolute atomic E-state index is 12.3. The quantitative estimate of drug-likeness (QED) is 0.606. The van der Waals surface area contributed by atoms with E-state index >= 15 is 0 Å². The van der Waals surface area contributed by atoms with Crippen LogP contribution >= 0.6 is 0 Å². The van der Waals surface area contributed by atoms with E-state index in [-0.39, 0.29) is 12.5 Å². The predicted molar refractivity (Wildman–Crippen MR) is 101 cm³/mol. The summed E-state index contributed by atoms with van der Waals surface area (Å²) in [5.41, 5.74) is 2.45. The van der Waals surface area contributed by atoms with Crippen molar-refractivity contribution in [3.05, 3.63) is 35.9 Å². The molecular weight excluding hydrogens is 350 g/mol. The van der Waals surface area contributed by atoms with Gasteiger partial charge in [0.25, 0.3) is 0 Å². The van der Waals surface area contributed by atoms with Crippen LogP contribution in [-0.2, 0) is 20.9 Å². The van der Waals surface area contributed by atoms with Gasteiger partial charge >= 0.3 is 18.1 Å². The molecule has 1 aromatic carbocycles. The fraction of sp³-hybridized carbons (Fsp3) is 0.526. The van der Waals surface area contributed by atoms with Gasteiger partial charge in [-0.25, -0.2) is 24.8 Å². The van der Waals surface area contributed by atoms with E-state index in [0.29, 0.717) is 0 Å². The number of nitrogens with zero attached hydrogens (tertiary/aromatic N) is 1. The molecule has 2 N–H and O–H groups in total. The van der Waals surface area contributed by atoms with Crippen LogP contribution in [0.25, 0.3) is 0 Å². The Morgan fingerprint density at radius 1 is 1.11 bits per heavy atom. The van der Waals surface area contributed by atoms with Crippen molar-refractivity contribution < 1.29 is 23.9 Å². The van der Waals surface area contributed by atoms with Gasteiger partial charge in [0.1, 0.15) is 18.2 Å². The molecule has 3 amide bonds. The lowest BCUT2D eigenvalue weighted by Crippen LogP contribution is -2.55. The number of nitrogens with one attached hydrogen (secondary N) is 2. The van der Waals surface area contributed by atoms with Crippen LogP contribution in [0.3, 0.4) is 0 Å². The lowest BCUT2D eigenvalue weighted by molar-refractivity contribution is -0.158. The van der Waals surface area contributed by atoms with E-state index in [0.717, 1.165) is 10.6 Å². The molecule has 0 radical (unpaired) electrons. The van der Waals surface area contributed by atoms with E-state index < -0.39 is 29.7 Å². The monoisotopic (exact) mass is 379 g/mol. The second kappa shape index (κ2) is 9.80. The number of hydrazine groups is 1. The van der Waals surface area contributed by atoms with Gasteiger partial charge < -0.3 is 14.8 Å². The maximum Gasteiger partial charge on any atom is 0.426 e. The number of rotatable bonds is 5. The summed E-state index contributed by atoms with van der Waals surface area (Å²) in [6, 6.07) is 7.66. The fourth-order valence-corrected chi connectivity index (χ4v) is 2.04. The second-order valence-electron chi connectivity index (χ2n) is 7.44. The van der Waals surface area contributed by atoms with Crippen molar-refractivity contribution in [2.75, 3.05) is 7.05 Å². The first-order valence-electron chi connectivity index (χ1n) is 8.74. The third-order valence-corrected chi connectivity index (χ3v) is 3.38. The molecule has 0 saturated carbocycles. The molecular formula is C19H29N3O5. The topological polar surface area (TPSA) is 97.0 Å². The van der Waals surface area contributed by atoms with Crippen molar-refractivity contribution in [3.63, 3.8) is 0 Å². The first-order valence-corrected chi connectivity index (χ1v) is 8.74. The molecule has 150 valence electrons. The molecule has 0 aliphatic heterocycles. The predicted octanol–water partition coefficient (Wildman–Crippen LogP) is 2.84. The number of urea groups is 1. The molecule has 0 aliphatic carbocycles. The Morgan fingerprint density at radius 3 is 2.22 bits per heavy atom. The van der Waals surface area contributed by atoms with E-state index in [2.05, 4.69) is 10.7 Å². The van der Waals surface area contributed by atoms with E-state index in [1.807, 2.05) is 30.3 Å². The van der Waals surface area contributed by atoms with Gasteiger partial charge in [0.2, 0.25) is 0 Å².